The predicted molar refractivity (Wildman–Crippen MR) is 67.2 cm³/mol. The van der Waals surface area contributed by atoms with Crippen LogP contribution in [0.1, 0.15) is 17.3 Å². The normalized spacial score (nSPS) is 11.2. The van der Waals surface area contributed by atoms with Crippen LogP contribution in [0.2, 0.25) is 0 Å². The van der Waals surface area contributed by atoms with Crippen molar-refractivity contribution in [3.63, 3.8) is 0 Å². The lowest BCUT2D eigenvalue weighted by Crippen LogP contribution is -2.10. The van der Waals surface area contributed by atoms with Crippen LogP contribution in [0, 0.1) is 0 Å². The summed E-state index contributed by atoms with van der Waals surface area (Å²) in [4.78, 5) is 11.9. The number of hydrogen-bond acceptors (Lipinski definition) is 5. The number of benzene rings is 1. The highest BCUT2D eigenvalue weighted by Crippen LogP contribution is 2.31. The number of hydrogen-bond donors (Lipinski definition) is 0. The summed E-state index contributed by atoms with van der Waals surface area (Å²) in [5.74, 6) is -0.692. The Labute approximate surface area is 109 Å². The van der Waals surface area contributed by atoms with Gasteiger partial charge in [0, 0.05) is 15.6 Å². The van der Waals surface area contributed by atoms with Crippen molar-refractivity contribution in [2.45, 2.75) is 16.7 Å². The zero-order valence-corrected chi connectivity index (χ0v) is 11.7. The second kappa shape index (κ2) is 5.75. The van der Waals surface area contributed by atoms with Gasteiger partial charge in [-0.1, -0.05) is 6.07 Å². The summed E-state index contributed by atoms with van der Waals surface area (Å²) in [6.45, 7) is 1.81. The van der Waals surface area contributed by atoms with Gasteiger partial charge in [-0.25, -0.2) is 13.2 Å². The number of ether oxygens (including phenoxy) is 1. The zero-order valence-electron chi connectivity index (χ0n) is 9.27. The maximum Gasteiger partial charge on any atom is 0.339 e. The van der Waals surface area contributed by atoms with Crippen LogP contribution >= 0.6 is 22.4 Å². The summed E-state index contributed by atoms with van der Waals surface area (Å²) in [6, 6.07) is 4.55. The van der Waals surface area contributed by atoms with Crippen LogP contribution in [0.25, 0.3) is 0 Å². The summed E-state index contributed by atoms with van der Waals surface area (Å²) in [5, 5.41) is 0. The Hall–Kier alpha value is -0.720. The third kappa shape index (κ3) is 3.37. The van der Waals surface area contributed by atoms with E-state index in [0.29, 0.717) is 4.90 Å². The molecule has 0 amide bonds. The number of esters is 1. The number of thioether (sulfide) groups is 1. The average Bonchev–Trinajstić information content (AvgIpc) is 2.27. The van der Waals surface area contributed by atoms with Crippen molar-refractivity contribution in [2.75, 3.05) is 12.9 Å². The van der Waals surface area contributed by atoms with E-state index in [1.54, 1.807) is 25.3 Å². The van der Waals surface area contributed by atoms with Crippen molar-refractivity contribution in [1.82, 2.24) is 0 Å². The lowest BCUT2D eigenvalue weighted by Gasteiger charge is -2.09. The van der Waals surface area contributed by atoms with Gasteiger partial charge in [-0.05, 0) is 25.3 Å². The molecular weight excluding hydrogens is 284 g/mol. The minimum Gasteiger partial charge on any atom is -0.462 e. The summed E-state index contributed by atoms with van der Waals surface area (Å²) in [5.41, 5.74) is -0.0336. The van der Waals surface area contributed by atoms with Crippen molar-refractivity contribution in [2.24, 2.45) is 0 Å². The van der Waals surface area contributed by atoms with Gasteiger partial charge in [0.05, 0.1) is 12.2 Å². The summed E-state index contributed by atoms with van der Waals surface area (Å²) in [7, 11) is 1.35. The van der Waals surface area contributed by atoms with E-state index >= 15 is 0 Å². The first-order valence-electron chi connectivity index (χ1n) is 4.70. The van der Waals surface area contributed by atoms with E-state index in [1.807, 2.05) is 0 Å². The molecule has 17 heavy (non-hydrogen) atoms. The highest BCUT2D eigenvalue weighted by atomic mass is 35.7. The van der Waals surface area contributed by atoms with Crippen molar-refractivity contribution in [3.8, 4) is 0 Å². The molecule has 0 fully saturated rings. The molecule has 4 nitrogen and oxygen atoms in total. The monoisotopic (exact) mass is 294 g/mol. The van der Waals surface area contributed by atoms with Gasteiger partial charge in [0.25, 0.3) is 9.05 Å². The lowest BCUT2D eigenvalue weighted by molar-refractivity contribution is 0.0521. The van der Waals surface area contributed by atoms with E-state index in [1.165, 1.54) is 17.8 Å². The summed E-state index contributed by atoms with van der Waals surface area (Å²) in [6.07, 6.45) is 1.70. The average molecular weight is 295 g/mol. The summed E-state index contributed by atoms with van der Waals surface area (Å²) < 4.78 is 27.8. The Kier molecular flexibility index (Phi) is 4.85. The number of rotatable bonds is 4. The molecule has 0 aliphatic carbocycles. The van der Waals surface area contributed by atoms with Crippen LogP contribution in [-0.4, -0.2) is 27.2 Å². The van der Waals surface area contributed by atoms with E-state index in [-0.39, 0.29) is 17.1 Å². The maximum atomic E-state index is 11.6. The molecule has 0 saturated carbocycles. The standard InChI is InChI=1S/C10H11ClO4S2/c1-3-15-10(12)7-5-4-6-8(16-2)9(7)17(11,13)14/h4-6H,3H2,1-2H3. The van der Waals surface area contributed by atoms with E-state index in [9.17, 15) is 13.2 Å². The molecule has 0 N–H and O–H groups in total. The van der Waals surface area contributed by atoms with Crippen LogP contribution in [0.5, 0.6) is 0 Å². The number of carbonyl (C=O) groups is 1. The van der Waals surface area contributed by atoms with E-state index in [2.05, 4.69) is 0 Å². The van der Waals surface area contributed by atoms with Crippen LogP contribution in [-0.2, 0) is 13.8 Å². The van der Waals surface area contributed by atoms with Gasteiger partial charge in [0.1, 0.15) is 4.90 Å². The van der Waals surface area contributed by atoms with Crippen molar-refractivity contribution < 1.29 is 17.9 Å². The van der Waals surface area contributed by atoms with Crippen LogP contribution in [0.15, 0.2) is 28.0 Å². The zero-order chi connectivity index (χ0) is 13.1. The molecule has 94 valence electrons. The van der Waals surface area contributed by atoms with E-state index in [0.717, 1.165) is 0 Å². The second-order valence-corrected chi connectivity index (χ2v) is 6.35. The molecule has 1 rings (SSSR count). The molecule has 0 radical (unpaired) electrons. The van der Waals surface area contributed by atoms with Crippen molar-refractivity contribution in [3.05, 3.63) is 23.8 Å². The summed E-state index contributed by atoms with van der Waals surface area (Å²) >= 11 is 1.20. The fourth-order valence-electron chi connectivity index (χ4n) is 1.30. The first-order chi connectivity index (χ1) is 7.91. The third-order valence-corrected chi connectivity index (χ3v) is 4.24. The molecular formula is C10H11ClO4S2. The number of carbonyl (C=O) groups excluding carboxylic acids is 1. The fourth-order valence-corrected chi connectivity index (χ4v) is 3.75. The highest BCUT2D eigenvalue weighted by Gasteiger charge is 2.24. The Morgan fingerprint density at radius 1 is 1.47 bits per heavy atom. The quantitative estimate of drug-likeness (QED) is 0.485. The molecule has 0 heterocycles. The van der Waals surface area contributed by atoms with Gasteiger partial charge >= 0.3 is 5.97 Å². The first-order valence-corrected chi connectivity index (χ1v) is 8.24. The Morgan fingerprint density at radius 2 is 2.12 bits per heavy atom. The molecule has 0 aliphatic heterocycles. The number of halogens is 1. The molecule has 0 unspecified atom stereocenters. The Balaban J connectivity index is 3.46. The van der Waals surface area contributed by atoms with Crippen LogP contribution in [0.4, 0.5) is 0 Å². The Bertz CT molecular complexity index is 525. The van der Waals surface area contributed by atoms with Gasteiger partial charge in [0.15, 0.2) is 0 Å². The van der Waals surface area contributed by atoms with Gasteiger partial charge in [-0.2, -0.15) is 0 Å². The third-order valence-electron chi connectivity index (χ3n) is 1.94. The topological polar surface area (TPSA) is 60.4 Å². The molecule has 0 bridgehead atoms. The van der Waals surface area contributed by atoms with Crippen molar-refractivity contribution in [1.29, 1.82) is 0 Å². The molecule has 0 spiro atoms. The smallest absolute Gasteiger partial charge is 0.339 e. The second-order valence-electron chi connectivity index (χ2n) is 3.00. The first kappa shape index (κ1) is 14.3. The SMILES string of the molecule is CCOC(=O)c1cccc(SC)c1S(=O)(=O)Cl. The maximum absolute atomic E-state index is 11.6. The van der Waals surface area contributed by atoms with Crippen LogP contribution in [0.3, 0.4) is 0 Å². The van der Waals surface area contributed by atoms with Gasteiger partial charge < -0.3 is 4.74 Å². The lowest BCUT2D eigenvalue weighted by atomic mass is 10.2. The van der Waals surface area contributed by atoms with E-state index in [4.69, 9.17) is 15.4 Å². The molecule has 1 aromatic carbocycles. The molecule has 0 aliphatic rings. The molecule has 0 saturated heterocycles. The van der Waals surface area contributed by atoms with Crippen LogP contribution < -0.4 is 0 Å². The van der Waals surface area contributed by atoms with E-state index < -0.39 is 15.0 Å². The Morgan fingerprint density at radius 3 is 2.59 bits per heavy atom. The minimum absolute atomic E-state index is 0.0336. The van der Waals surface area contributed by atoms with Crippen molar-refractivity contribution >= 4 is 37.5 Å². The van der Waals surface area contributed by atoms with Gasteiger partial charge in [-0.15, -0.1) is 11.8 Å². The molecule has 1 aromatic rings. The minimum atomic E-state index is -3.99. The largest absolute Gasteiger partial charge is 0.462 e. The van der Waals surface area contributed by atoms with Gasteiger partial charge in [0.2, 0.25) is 0 Å². The molecule has 0 atom stereocenters. The highest BCUT2D eigenvalue weighted by molar-refractivity contribution is 8.14. The predicted octanol–water partition coefficient (Wildman–Crippen LogP) is 2.51. The molecule has 0 aromatic heterocycles. The van der Waals surface area contributed by atoms with Gasteiger partial charge in [-0.3, -0.25) is 0 Å². The fraction of sp³-hybridized carbons (Fsp3) is 0.300. The molecule has 7 heteroatoms.